The molecular formula is C17H13FN2O. The van der Waals surface area contributed by atoms with Gasteiger partial charge in [-0.05, 0) is 43.3 Å². The Morgan fingerprint density at radius 1 is 0.905 bits per heavy atom. The highest BCUT2D eigenvalue weighted by Crippen LogP contribution is 2.22. The van der Waals surface area contributed by atoms with E-state index in [1.54, 1.807) is 18.2 Å². The molecular weight excluding hydrogens is 267 g/mol. The average Bonchev–Trinajstić information content (AvgIpc) is 2.50. The zero-order valence-electron chi connectivity index (χ0n) is 11.5. The summed E-state index contributed by atoms with van der Waals surface area (Å²) in [6.45, 7) is 2.03. The number of hydrogen-bond acceptors (Lipinski definition) is 3. The Hall–Kier alpha value is -2.75. The largest absolute Gasteiger partial charge is 0.438 e. The normalized spacial score (nSPS) is 10.4. The van der Waals surface area contributed by atoms with Gasteiger partial charge < -0.3 is 4.74 Å². The first kappa shape index (κ1) is 13.2. The van der Waals surface area contributed by atoms with Gasteiger partial charge in [0.2, 0.25) is 5.88 Å². The lowest BCUT2D eigenvalue weighted by Gasteiger charge is -2.05. The van der Waals surface area contributed by atoms with Crippen molar-refractivity contribution in [3.8, 4) is 22.9 Å². The lowest BCUT2D eigenvalue weighted by atomic mass is 10.1. The van der Waals surface area contributed by atoms with Gasteiger partial charge in [0.25, 0.3) is 0 Å². The molecule has 0 fully saturated rings. The molecule has 0 atom stereocenters. The SMILES string of the molecule is Cc1cccc(-c2ccc(Oc3ccc(F)cc3)nn2)c1. The molecule has 0 spiro atoms. The van der Waals surface area contributed by atoms with Gasteiger partial charge in [-0.1, -0.05) is 23.8 Å². The van der Waals surface area contributed by atoms with E-state index >= 15 is 0 Å². The third kappa shape index (κ3) is 3.23. The van der Waals surface area contributed by atoms with Crippen LogP contribution in [0.3, 0.4) is 0 Å². The van der Waals surface area contributed by atoms with Crippen LogP contribution in [0.2, 0.25) is 0 Å². The molecule has 3 rings (SSSR count). The second-order valence-electron chi connectivity index (χ2n) is 4.68. The third-order valence-electron chi connectivity index (χ3n) is 2.99. The topological polar surface area (TPSA) is 35.0 Å². The molecule has 3 aromatic rings. The Morgan fingerprint density at radius 2 is 1.71 bits per heavy atom. The summed E-state index contributed by atoms with van der Waals surface area (Å²) in [7, 11) is 0. The van der Waals surface area contributed by atoms with Crippen molar-refractivity contribution in [1.82, 2.24) is 10.2 Å². The van der Waals surface area contributed by atoms with Crippen LogP contribution < -0.4 is 4.74 Å². The number of nitrogens with zero attached hydrogens (tertiary/aromatic N) is 2. The number of aryl methyl sites for hydroxylation is 1. The van der Waals surface area contributed by atoms with Gasteiger partial charge in [-0.15, -0.1) is 10.2 Å². The summed E-state index contributed by atoms with van der Waals surface area (Å²) in [6.07, 6.45) is 0. The average molecular weight is 280 g/mol. The summed E-state index contributed by atoms with van der Waals surface area (Å²) in [5, 5.41) is 8.19. The van der Waals surface area contributed by atoms with Gasteiger partial charge in [0, 0.05) is 11.6 Å². The Labute approximate surface area is 122 Å². The molecule has 0 amide bonds. The maximum Gasteiger partial charge on any atom is 0.238 e. The maximum absolute atomic E-state index is 12.8. The van der Waals surface area contributed by atoms with Gasteiger partial charge in [0.1, 0.15) is 11.6 Å². The van der Waals surface area contributed by atoms with E-state index in [4.69, 9.17) is 4.74 Å². The van der Waals surface area contributed by atoms with Crippen LogP contribution >= 0.6 is 0 Å². The second kappa shape index (κ2) is 5.71. The highest BCUT2D eigenvalue weighted by Gasteiger charge is 2.03. The smallest absolute Gasteiger partial charge is 0.238 e. The van der Waals surface area contributed by atoms with Crippen molar-refractivity contribution in [2.45, 2.75) is 6.92 Å². The van der Waals surface area contributed by atoms with Crippen molar-refractivity contribution >= 4 is 0 Å². The van der Waals surface area contributed by atoms with Crippen LogP contribution in [0.5, 0.6) is 11.6 Å². The van der Waals surface area contributed by atoms with E-state index < -0.39 is 0 Å². The molecule has 0 N–H and O–H groups in total. The molecule has 3 nitrogen and oxygen atoms in total. The van der Waals surface area contributed by atoms with Crippen LogP contribution in [-0.2, 0) is 0 Å². The number of halogens is 1. The fourth-order valence-corrected chi connectivity index (χ4v) is 1.96. The van der Waals surface area contributed by atoms with Crippen molar-refractivity contribution in [3.05, 3.63) is 72.0 Å². The van der Waals surface area contributed by atoms with Crippen molar-refractivity contribution in [1.29, 1.82) is 0 Å². The van der Waals surface area contributed by atoms with Gasteiger partial charge >= 0.3 is 0 Å². The molecule has 0 bridgehead atoms. The molecule has 0 unspecified atom stereocenters. The van der Waals surface area contributed by atoms with Gasteiger partial charge in [-0.25, -0.2) is 4.39 Å². The summed E-state index contributed by atoms with van der Waals surface area (Å²) in [5.41, 5.74) is 2.96. The minimum absolute atomic E-state index is 0.303. The van der Waals surface area contributed by atoms with Gasteiger partial charge in [0.05, 0.1) is 5.69 Å². The van der Waals surface area contributed by atoms with Crippen molar-refractivity contribution < 1.29 is 9.13 Å². The van der Waals surface area contributed by atoms with E-state index in [0.717, 1.165) is 11.3 Å². The minimum atomic E-state index is -0.303. The number of hydrogen-bond donors (Lipinski definition) is 0. The highest BCUT2D eigenvalue weighted by molar-refractivity contribution is 5.59. The van der Waals surface area contributed by atoms with Crippen LogP contribution in [0.1, 0.15) is 5.56 Å². The maximum atomic E-state index is 12.8. The molecule has 0 radical (unpaired) electrons. The van der Waals surface area contributed by atoms with E-state index in [9.17, 15) is 4.39 Å². The summed E-state index contributed by atoms with van der Waals surface area (Å²) < 4.78 is 18.3. The van der Waals surface area contributed by atoms with Crippen molar-refractivity contribution in [3.63, 3.8) is 0 Å². The minimum Gasteiger partial charge on any atom is -0.438 e. The fraction of sp³-hybridized carbons (Fsp3) is 0.0588. The van der Waals surface area contributed by atoms with Crippen LogP contribution in [-0.4, -0.2) is 10.2 Å². The van der Waals surface area contributed by atoms with E-state index in [1.807, 2.05) is 37.3 Å². The number of ether oxygens (including phenoxy) is 1. The fourth-order valence-electron chi connectivity index (χ4n) is 1.96. The lowest BCUT2D eigenvalue weighted by Crippen LogP contribution is -1.92. The highest BCUT2D eigenvalue weighted by atomic mass is 19.1. The monoisotopic (exact) mass is 280 g/mol. The first-order chi connectivity index (χ1) is 10.2. The number of benzene rings is 2. The Morgan fingerprint density at radius 3 is 2.38 bits per heavy atom. The molecule has 0 aliphatic carbocycles. The molecule has 1 heterocycles. The summed E-state index contributed by atoms with van der Waals surface area (Å²) in [4.78, 5) is 0. The Bertz CT molecular complexity index is 739. The predicted octanol–water partition coefficient (Wildman–Crippen LogP) is 4.38. The molecule has 0 aliphatic heterocycles. The first-order valence-electron chi connectivity index (χ1n) is 6.55. The number of rotatable bonds is 3. The van der Waals surface area contributed by atoms with Crippen LogP contribution in [0.25, 0.3) is 11.3 Å². The second-order valence-corrected chi connectivity index (χ2v) is 4.68. The van der Waals surface area contributed by atoms with E-state index in [1.165, 1.54) is 17.7 Å². The number of aromatic nitrogens is 2. The van der Waals surface area contributed by atoms with E-state index in [2.05, 4.69) is 10.2 Å². The predicted molar refractivity (Wildman–Crippen MR) is 78.7 cm³/mol. The molecule has 4 heteroatoms. The Kier molecular flexibility index (Phi) is 3.60. The quantitative estimate of drug-likeness (QED) is 0.714. The molecule has 21 heavy (non-hydrogen) atoms. The molecule has 0 saturated carbocycles. The van der Waals surface area contributed by atoms with Crippen molar-refractivity contribution in [2.24, 2.45) is 0 Å². The van der Waals surface area contributed by atoms with Gasteiger partial charge in [-0.3, -0.25) is 0 Å². The van der Waals surface area contributed by atoms with Crippen LogP contribution in [0, 0.1) is 12.7 Å². The first-order valence-corrected chi connectivity index (χ1v) is 6.55. The van der Waals surface area contributed by atoms with Gasteiger partial charge in [-0.2, -0.15) is 0 Å². The summed E-state index contributed by atoms with van der Waals surface area (Å²) >= 11 is 0. The lowest BCUT2D eigenvalue weighted by molar-refractivity contribution is 0.454. The Balaban J connectivity index is 1.79. The van der Waals surface area contributed by atoms with Crippen LogP contribution in [0.4, 0.5) is 4.39 Å². The van der Waals surface area contributed by atoms with Gasteiger partial charge in [0.15, 0.2) is 0 Å². The molecule has 104 valence electrons. The van der Waals surface area contributed by atoms with Crippen LogP contribution in [0.15, 0.2) is 60.7 Å². The summed E-state index contributed by atoms with van der Waals surface area (Å²) in [5.74, 6) is 0.593. The molecule has 2 aromatic carbocycles. The third-order valence-corrected chi connectivity index (χ3v) is 2.99. The molecule has 0 aliphatic rings. The standard InChI is InChI=1S/C17H13FN2O/c1-12-3-2-4-13(11-12)16-9-10-17(20-19-16)21-15-7-5-14(18)6-8-15/h2-11H,1H3. The van der Waals surface area contributed by atoms with E-state index in [-0.39, 0.29) is 5.82 Å². The molecule has 1 aromatic heterocycles. The zero-order chi connectivity index (χ0) is 14.7. The van der Waals surface area contributed by atoms with Crippen molar-refractivity contribution in [2.75, 3.05) is 0 Å². The molecule has 0 saturated heterocycles. The zero-order valence-corrected chi connectivity index (χ0v) is 11.5. The van der Waals surface area contributed by atoms with E-state index in [0.29, 0.717) is 11.6 Å². The summed E-state index contributed by atoms with van der Waals surface area (Å²) in [6, 6.07) is 17.4.